The van der Waals surface area contributed by atoms with Gasteiger partial charge in [-0.05, 0) is 12.1 Å². The van der Waals surface area contributed by atoms with Gasteiger partial charge in [0.2, 0.25) is 0 Å². The second kappa shape index (κ2) is 6.44. The molecular formula is C14H14N2O3S. The molecule has 0 unspecified atom stereocenters. The topological polar surface area (TPSA) is 81.4 Å². The minimum absolute atomic E-state index is 0.0513. The fraction of sp³-hybridized carbons (Fsp3) is 0.357. The highest BCUT2D eigenvalue weighted by Gasteiger charge is 2.33. The van der Waals surface area contributed by atoms with Crippen LogP contribution in [0.15, 0.2) is 29.2 Å². The van der Waals surface area contributed by atoms with E-state index in [0.717, 1.165) is 4.90 Å². The molecular weight excluding hydrogens is 276 g/mol. The van der Waals surface area contributed by atoms with Crippen molar-refractivity contribution in [3.05, 3.63) is 29.8 Å². The Labute approximate surface area is 121 Å². The third-order valence-electron chi connectivity index (χ3n) is 3.12. The van der Waals surface area contributed by atoms with Gasteiger partial charge in [0.1, 0.15) is 0 Å². The summed E-state index contributed by atoms with van der Waals surface area (Å²) >= 11 is 1.34. The van der Waals surface area contributed by atoms with E-state index in [0.29, 0.717) is 24.4 Å². The Bertz CT molecular complexity index is 562. The van der Waals surface area contributed by atoms with Crippen LogP contribution < -0.4 is 0 Å². The van der Waals surface area contributed by atoms with Crippen LogP contribution in [-0.2, 0) is 4.79 Å². The predicted octanol–water partition coefficient (Wildman–Crippen LogP) is 1.85. The number of likely N-dealkylation sites (tertiary alicyclic amines) is 1. The Kier molecular flexibility index (Phi) is 4.64. The van der Waals surface area contributed by atoms with Crippen LogP contribution in [0.25, 0.3) is 0 Å². The Morgan fingerprint density at radius 1 is 1.40 bits per heavy atom. The molecule has 0 aliphatic carbocycles. The van der Waals surface area contributed by atoms with Crippen molar-refractivity contribution < 1.29 is 14.7 Å². The molecule has 20 heavy (non-hydrogen) atoms. The molecule has 2 rings (SSSR count). The molecule has 0 saturated carbocycles. The molecule has 1 amide bonds. The molecule has 104 valence electrons. The third-order valence-corrected chi connectivity index (χ3v) is 4.06. The first-order valence-corrected chi connectivity index (χ1v) is 7.20. The second-order valence-electron chi connectivity index (χ2n) is 4.62. The maximum atomic E-state index is 12.3. The number of benzene rings is 1. The number of amides is 1. The van der Waals surface area contributed by atoms with Crippen molar-refractivity contribution in [3.63, 3.8) is 0 Å². The van der Waals surface area contributed by atoms with Gasteiger partial charge in [0.15, 0.2) is 0 Å². The van der Waals surface area contributed by atoms with E-state index >= 15 is 0 Å². The number of rotatable bonds is 5. The summed E-state index contributed by atoms with van der Waals surface area (Å²) in [5, 5.41) is 17.3. The number of carboxylic acids is 1. The number of carboxylic acid groups (broad SMARTS) is 1. The summed E-state index contributed by atoms with van der Waals surface area (Å²) < 4.78 is 0. The molecule has 5 nitrogen and oxygen atoms in total. The van der Waals surface area contributed by atoms with Crippen LogP contribution in [0.1, 0.15) is 16.8 Å². The number of thioether (sulfide) groups is 1. The fourth-order valence-electron chi connectivity index (χ4n) is 2.16. The lowest BCUT2D eigenvalue weighted by Gasteiger charge is -2.38. The highest BCUT2D eigenvalue weighted by molar-refractivity contribution is 7.99. The summed E-state index contributed by atoms with van der Waals surface area (Å²) in [5.41, 5.74) is 0.585. The van der Waals surface area contributed by atoms with Gasteiger partial charge in [-0.15, -0.1) is 11.8 Å². The zero-order valence-electron chi connectivity index (χ0n) is 10.8. The van der Waals surface area contributed by atoms with Crippen LogP contribution in [0.5, 0.6) is 0 Å². The van der Waals surface area contributed by atoms with Gasteiger partial charge in [0.05, 0.1) is 23.8 Å². The van der Waals surface area contributed by atoms with Crippen molar-refractivity contribution in [2.45, 2.75) is 11.3 Å². The van der Waals surface area contributed by atoms with Crippen LogP contribution in [0.4, 0.5) is 0 Å². The molecule has 1 aromatic rings. The van der Waals surface area contributed by atoms with Crippen LogP contribution in [0.3, 0.4) is 0 Å². The van der Waals surface area contributed by atoms with Gasteiger partial charge >= 0.3 is 5.97 Å². The molecule has 0 atom stereocenters. The summed E-state index contributed by atoms with van der Waals surface area (Å²) in [5.74, 6) is -0.568. The van der Waals surface area contributed by atoms with E-state index in [4.69, 9.17) is 10.4 Å². The Balaban J connectivity index is 2.00. The smallest absolute Gasteiger partial charge is 0.303 e. The third kappa shape index (κ3) is 3.31. The van der Waals surface area contributed by atoms with E-state index in [1.165, 1.54) is 11.8 Å². The van der Waals surface area contributed by atoms with Gasteiger partial charge in [-0.25, -0.2) is 0 Å². The number of carbonyl (C=O) groups is 2. The van der Waals surface area contributed by atoms with Crippen molar-refractivity contribution >= 4 is 23.6 Å². The van der Waals surface area contributed by atoms with Crippen LogP contribution in [0, 0.1) is 17.2 Å². The van der Waals surface area contributed by atoms with E-state index in [2.05, 4.69) is 0 Å². The molecule has 1 N–H and O–H groups in total. The maximum absolute atomic E-state index is 12.3. The summed E-state index contributed by atoms with van der Waals surface area (Å²) in [6.07, 6.45) is 0.106. The highest BCUT2D eigenvalue weighted by atomic mass is 32.2. The minimum atomic E-state index is -0.827. The molecule has 0 aromatic heterocycles. The van der Waals surface area contributed by atoms with Crippen molar-refractivity contribution in [1.29, 1.82) is 5.26 Å². The lowest BCUT2D eigenvalue weighted by Crippen LogP contribution is -2.50. The zero-order chi connectivity index (χ0) is 14.5. The first kappa shape index (κ1) is 14.4. The summed E-state index contributed by atoms with van der Waals surface area (Å²) in [6.45, 7) is 0.977. The number of aliphatic carboxylic acids is 1. The standard InChI is InChI=1S/C14H14N2O3S/c15-5-6-20-12-4-2-1-3-11(12)14(19)16-8-10(9-16)7-13(17)18/h1-4,10H,6-9H2,(H,17,18). The largest absolute Gasteiger partial charge is 0.481 e. The first-order chi connectivity index (χ1) is 9.61. The molecule has 1 heterocycles. The monoisotopic (exact) mass is 290 g/mol. The number of nitrogens with zero attached hydrogens (tertiary/aromatic N) is 2. The Morgan fingerprint density at radius 3 is 2.75 bits per heavy atom. The van der Waals surface area contributed by atoms with E-state index in [9.17, 15) is 9.59 Å². The predicted molar refractivity (Wildman–Crippen MR) is 74.4 cm³/mol. The number of carbonyl (C=O) groups excluding carboxylic acids is 1. The van der Waals surface area contributed by atoms with Crippen molar-refractivity contribution in [1.82, 2.24) is 4.90 Å². The van der Waals surface area contributed by atoms with Gasteiger partial charge in [-0.1, -0.05) is 12.1 Å². The zero-order valence-corrected chi connectivity index (χ0v) is 11.6. The molecule has 0 spiro atoms. The van der Waals surface area contributed by atoms with Crippen molar-refractivity contribution in [2.75, 3.05) is 18.8 Å². The van der Waals surface area contributed by atoms with Gasteiger partial charge in [0.25, 0.3) is 5.91 Å². The molecule has 0 bridgehead atoms. The van der Waals surface area contributed by atoms with Gasteiger partial charge in [-0.3, -0.25) is 9.59 Å². The van der Waals surface area contributed by atoms with Crippen molar-refractivity contribution in [3.8, 4) is 6.07 Å². The van der Waals surface area contributed by atoms with Crippen LogP contribution in [0.2, 0.25) is 0 Å². The summed E-state index contributed by atoms with van der Waals surface area (Å²) in [6, 6.07) is 9.23. The first-order valence-electron chi connectivity index (χ1n) is 6.21. The van der Waals surface area contributed by atoms with E-state index in [1.807, 2.05) is 18.2 Å². The van der Waals surface area contributed by atoms with E-state index in [1.54, 1.807) is 17.0 Å². The molecule has 1 aliphatic heterocycles. The average Bonchev–Trinajstić information content (AvgIpc) is 2.39. The fourth-order valence-corrected chi connectivity index (χ4v) is 2.87. The van der Waals surface area contributed by atoms with Gasteiger partial charge in [-0.2, -0.15) is 5.26 Å². The molecule has 1 saturated heterocycles. The minimum Gasteiger partial charge on any atom is -0.481 e. The number of hydrogen-bond acceptors (Lipinski definition) is 4. The molecule has 6 heteroatoms. The SMILES string of the molecule is N#CCSc1ccccc1C(=O)N1CC(CC(=O)O)C1. The van der Waals surface area contributed by atoms with Gasteiger partial charge < -0.3 is 10.0 Å². The Morgan fingerprint density at radius 2 is 2.10 bits per heavy atom. The lowest BCUT2D eigenvalue weighted by atomic mass is 9.95. The lowest BCUT2D eigenvalue weighted by molar-refractivity contribution is -0.139. The summed E-state index contributed by atoms with van der Waals surface area (Å²) in [7, 11) is 0. The quantitative estimate of drug-likeness (QED) is 0.837. The van der Waals surface area contributed by atoms with Crippen LogP contribution >= 0.6 is 11.8 Å². The van der Waals surface area contributed by atoms with Crippen LogP contribution in [-0.4, -0.2) is 40.7 Å². The average molecular weight is 290 g/mol. The van der Waals surface area contributed by atoms with E-state index < -0.39 is 5.97 Å². The van der Waals surface area contributed by atoms with Gasteiger partial charge in [0, 0.05) is 23.9 Å². The maximum Gasteiger partial charge on any atom is 0.303 e. The number of nitriles is 1. The highest BCUT2D eigenvalue weighted by Crippen LogP contribution is 2.27. The summed E-state index contributed by atoms with van der Waals surface area (Å²) in [4.78, 5) is 25.4. The normalized spacial score (nSPS) is 14.4. The molecule has 1 aromatic carbocycles. The Hall–Kier alpha value is -2.00. The van der Waals surface area contributed by atoms with Crippen molar-refractivity contribution in [2.24, 2.45) is 5.92 Å². The number of hydrogen-bond donors (Lipinski definition) is 1. The molecule has 1 fully saturated rings. The second-order valence-corrected chi connectivity index (χ2v) is 5.63. The van der Waals surface area contributed by atoms with E-state index in [-0.39, 0.29) is 18.2 Å². The molecule has 0 radical (unpaired) electrons. The molecule has 1 aliphatic rings.